The quantitative estimate of drug-likeness (QED) is 0.828. The lowest BCUT2D eigenvalue weighted by Crippen LogP contribution is -2.36. The number of anilines is 1. The maximum atomic E-state index is 12.3. The Bertz CT molecular complexity index is 543. The van der Waals surface area contributed by atoms with Crippen molar-refractivity contribution >= 4 is 37.5 Å². The minimum absolute atomic E-state index is 0.139. The van der Waals surface area contributed by atoms with Crippen molar-refractivity contribution in [3.05, 3.63) is 24.3 Å². The van der Waals surface area contributed by atoms with E-state index in [0.29, 0.717) is 11.0 Å². The Labute approximate surface area is 122 Å². The standard InChI is InChI=1S/C12H17BrN2O3S/c1-9(8-13)15(3)19(17,18)12-6-4-11(5-7-12)14-10(2)16/h4-7,9H,8H2,1-3H3,(H,14,16). The number of benzene rings is 1. The summed E-state index contributed by atoms with van der Waals surface area (Å²) in [5.74, 6) is -0.194. The summed E-state index contributed by atoms with van der Waals surface area (Å²) in [6.07, 6.45) is 0. The van der Waals surface area contributed by atoms with E-state index in [2.05, 4.69) is 21.2 Å². The fraction of sp³-hybridized carbons (Fsp3) is 0.417. The second-order valence-corrected chi connectivity index (χ2v) is 6.88. The second kappa shape index (κ2) is 6.49. The van der Waals surface area contributed by atoms with E-state index in [-0.39, 0.29) is 16.8 Å². The van der Waals surface area contributed by atoms with E-state index in [0.717, 1.165) is 0 Å². The predicted molar refractivity (Wildman–Crippen MR) is 79.0 cm³/mol. The van der Waals surface area contributed by atoms with E-state index < -0.39 is 10.0 Å². The molecule has 1 aromatic rings. The smallest absolute Gasteiger partial charge is 0.243 e. The van der Waals surface area contributed by atoms with Gasteiger partial charge in [-0.3, -0.25) is 4.79 Å². The molecule has 1 N–H and O–H groups in total. The van der Waals surface area contributed by atoms with Crippen LogP contribution in [0.15, 0.2) is 29.2 Å². The van der Waals surface area contributed by atoms with Gasteiger partial charge in [-0.2, -0.15) is 4.31 Å². The zero-order valence-electron chi connectivity index (χ0n) is 11.1. The van der Waals surface area contributed by atoms with Gasteiger partial charge in [0.05, 0.1) is 4.90 Å². The first kappa shape index (κ1) is 16.1. The van der Waals surface area contributed by atoms with Gasteiger partial charge in [0.1, 0.15) is 0 Å². The van der Waals surface area contributed by atoms with Crippen LogP contribution in [0.3, 0.4) is 0 Å². The summed E-state index contributed by atoms with van der Waals surface area (Å²) in [5.41, 5.74) is 0.572. The molecule has 0 saturated carbocycles. The molecule has 1 amide bonds. The van der Waals surface area contributed by atoms with E-state index in [9.17, 15) is 13.2 Å². The van der Waals surface area contributed by atoms with Crippen molar-refractivity contribution < 1.29 is 13.2 Å². The number of amides is 1. The normalized spacial score (nSPS) is 13.3. The largest absolute Gasteiger partial charge is 0.326 e. The van der Waals surface area contributed by atoms with Gasteiger partial charge in [-0.25, -0.2) is 8.42 Å². The van der Waals surface area contributed by atoms with Crippen LogP contribution in [0, 0.1) is 0 Å². The number of carbonyl (C=O) groups excluding carboxylic acids is 1. The van der Waals surface area contributed by atoms with Gasteiger partial charge in [-0.05, 0) is 31.2 Å². The molecule has 1 rings (SSSR count). The molecule has 1 aromatic carbocycles. The van der Waals surface area contributed by atoms with Crippen molar-refractivity contribution in [2.45, 2.75) is 24.8 Å². The molecular weight excluding hydrogens is 332 g/mol. The first-order valence-corrected chi connectivity index (χ1v) is 8.27. The molecule has 1 atom stereocenters. The van der Waals surface area contributed by atoms with Crippen molar-refractivity contribution in [3.63, 3.8) is 0 Å². The molecule has 5 nitrogen and oxygen atoms in total. The fourth-order valence-corrected chi connectivity index (χ4v) is 3.40. The van der Waals surface area contributed by atoms with E-state index in [1.807, 2.05) is 6.92 Å². The van der Waals surface area contributed by atoms with E-state index in [4.69, 9.17) is 0 Å². The number of rotatable bonds is 5. The van der Waals surface area contributed by atoms with Gasteiger partial charge in [0, 0.05) is 31.0 Å². The number of nitrogens with one attached hydrogen (secondary N) is 1. The molecule has 0 aliphatic heterocycles. The Balaban J connectivity index is 3.00. The number of hydrogen-bond acceptors (Lipinski definition) is 3. The molecule has 0 fully saturated rings. The van der Waals surface area contributed by atoms with Gasteiger partial charge >= 0.3 is 0 Å². The van der Waals surface area contributed by atoms with Crippen LogP contribution in [0.25, 0.3) is 0 Å². The number of halogens is 1. The Kier molecular flexibility index (Phi) is 5.51. The molecular formula is C12H17BrN2O3S. The Morgan fingerprint density at radius 3 is 2.32 bits per heavy atom. The minimum Gasteiger partial charge on any atom is -0.326 e. The third-order valence-electron chi connectivity index (χ3n) is 2.70. The fourth-order valence-electron chi connectivity index (χ4n) is 1.41. The maximum Gasteiger partial charge on any atom is 0.243 e. The first-order chi connectivity index (χ1) is 8.78. The Morgan fingerprint density at radius 2 is 1.89 bits per heavy atom. The zero-order chi connectivity index (χ0) is 14.6. The highest BCUT2D eigenvalue weighted by molar-refractivity contribution is 9.09. The molecule has 106 valence electrons. The van der Waals surface area contributed by atoms with Crippen molar-refractivity contribution in [2.24, 2.45) is 0 Å². The summed E-state index contributed by atoms with van der Waals surface area (Å²) >= 11 is 3.27. The molecule has 0 radical (unpaired) electrons. The van der Waals surface area contributed by atoms with Gasteiger partial charge in [0.25, 0.3) is 0 Å². The highest BCUT2D eigenvalue weighted by atomic mass is 79.9. The summed E-state index contributed by atoms with van der Waals surface area (Å²) in [4.78, 5) is 11.1. The van der Waals surface area contributed by atoms with Gasteiger partial charge in [-0.15, -0.1) is 0 Å². The number of hydrogen-bond donors (Lipinski definition) is 1. The summed E-state index contributed by atoms with van der Waals surface area (Å²) in [7, 11) is -1.96. The molecule has 19 heavy (non-hydrogen) atoms. The molecule has 0 heterocycles. The SMILES string of the molecule is CC(=O)Nc1ccc(S(=O)(=O)N(C)C(C)CBr)cc1. The third kappa shape index (κ3) is 4.02. The highest BCUT2D eigenvalue weighted by Gasteiger charge is 2.24. The van der Waals surface area contributed by atoms with E-state index in [1.165, 1.54) is 23.4 Å². The molecule has 0 aromatic heterocycles. The van der Waals surface area contributed by atoms with Crippen LogP contribution in [0.2, 0.25) is 0 Å². The first-order valence-electron chi connectivity index (χ1n) is 5.70. The Morgan fingerprint density at radius 1 is 1.37 bits per heavy atom. The Hall–Kier alpha value is -0.920. The van der Waals surface area contributed by atoms with Crippen LogP contribution in [0.1, 0.15) is 13.8 Å². The lowest BCUT2D eigenvalue weighted by molar-refractivity contribution is -0.114. The summed E-state index contributed by atoms with van der Waals surface area (Å²) in [5, 5.41) is 3.15. The van der Waals surface area contributed by atoms with Crippen molar-refractivity contribution in [1.29, 1.82) is 0 Å². The molecule has 0 saturated heterocycles. The second-order valence-electron chi connectivity index (χ2n) is 4.23. The predicted octanol–water partition coefficient (Wildman–Crippen LogP) is 2.05. The van der Waals surface area contributed by atoms with Gasteiger partial charge < -0.3 is 5.32 Å². The lowest BCUT2D eigenvalue weighted by atomic mass is 10.3. The van der Waals surface area contributed by atoms with Gasteiger partial charge in [0.2, 0.25) is 15.9 Å². The van der Waals surface area contributed by atoms with Crippen molar-refractivity contribution in [3.8, 4) is 0 Å². The number of nitrogens with zero attached hydrogens (tertiary/aromatic N) is 1. The average Bonchev–Trinajstić information content (AvgIpc) is 2.36. The van der Waals surface area contributed by atoms with E-state index in [1.54, 1.807) is 19.2 Å². The van der Waals surface area contributed by atoms with Crippen LogP contribution >= 0.6 is 15.9 Å². The molecule has 0 aliphatic rings. The number of alkyl halides is 1. The third-order valence-corrected chi connectivity index (χ3v) is 5.62. The molecule has 0 spiro atoms. The lowest BCUT2D eigenvalue weighted by Gasteiger charge is -2.22. The van der Waals surface area contributed by atoms with Crippen molar-refractivity contribution in [2.75, 3.05) is 17.7 Å². The average molecular weight is 349 g/mol. The highest BCUT2D eigenvalue weighted by Crippen LogP contribution is 2.19. The number of sulfonamides is 1. The van der Waals surface area contributed by atoms with Crippen LogP contribution in [-0.2, 0) is 14.8 Å². The topological polar surface area (TPSA) is 66.5 Å². The summed E-state index contributed by atoms with van der Waals surface area (Å²) in [6.45, 7) is 3.22. The monoisotopic (exact) mass is 348 g/mol. The van der Waals surface area contributed by atoms with Gasteiger partial charge in [-0.1, -0.05) is 15.9 Å². The van der Waals surface area contributed by atoms with Crippen LogP contribution in [0.5, 0.6) is 0 Å². The van der Waals surface area contributed by atoms with E-state index >= 15 is 0 Å². The molecule has 0 bridgehead atoms. The molecule has 7 heteroatoms. The number of carbonyl (C=O) groups is 1. The van der Waals surface area contributed by atoms with Crippen LogP contribution < -0.4 is 5.32 Å². The molecule has 1 unspecified atom stereocenters. The van der Waals surface area contributed by atoms with Crippen LogP contribution in [-0.4, -0.2) is 37.0 Å². The molecule has 0 aliphatic carbocycles. The van der Waals surface area contributed by atoms with Crippen molar-refractivity contribution in [1.82, 2.24) is 4.31 Å². The van der Waals surface area contributed by atoms with Crippen LogP contribution in [0.4, 0.5) is 5.69 Å². The summed E-state index contributed by atoms with van der Waals surface area (Å²) in [6, 6.07) is 5.97. The minimum atomic E-state index is -3.50. The summed E-state index contributed by atoms with van der Waals surface area (Å²) < 4.78 is 25.9. The van der Waals surface area contributed by atoms with Gasteiger partial charge in [0.15, 0.2) is 0 Å². The maximum absolute atomic E-state index is 12.3. The zero-order valence-corrected chi connectivity index (χ0v) is 13.5.